The number of carbonyl (C=O) groups excluding carboxylic acids is 2. The van der Waals surface area contributed by atoms with E-state index in [0.29, 0.717) is 22.2 Å². The molecule has 0 bridgehead atoms. The Balaban J connectivity index is 1.09. The maximum absolute atomic E-state index is 12.9. The molecule has 6 rings (SSSR count). The van der Waals surface area contributed by atoms with Crippen molar-refractivity contribution >= 4 is 28.4 Å². The molecule has 2 aromatic heterocycles. The topological polar surface area (TPSA) is 107 Å². The quantitative estimate of drug-likeness (QED) is 0.230. The molecule has 1 atom stereocenters. The van der Waals surface area contributed by atoms with Crippen LogP contribution < -0.4 is 16.2 Å². The number of fused-ring (bicyclic) bond motifs is 1. The lowest BCUT2D eigenvalue weighted by atomic mass is 9.88. The van der Waals surface area contributed by atoms with Gasteiger partial charge in [0.05, 0.1) is 16.6 Å². The van der Waals surface area contributed by atoms with Gasteiger partial charge in [-0.05, 0) is 66.8 Å². The number of anilines is 1. The summed E-state index contributed by atoms with van der Waals surface area (Å²) in [7, 11) is 0. The van der Waals surface area contributed by atoms with Crippen LogP contribution >= 0.6 is 0 Å². The van der Waals surface area contributed by atoms with Crippen LogP contribution in [-0.4, -0.2) is 45.8 Å². The van der Waals surface area contributed by atoms with Crippen molar-refractivity contribution in [2.24, 2.45) is 0 Å². The van der Waals surface area contributed by atoms with Crippen LogP contribution in [0.15, 0.2) is 109 Å². The number of rotatable bonds is 8. The van der Waals surface area contributed by atoms with Gasteiger partial charge in [-0.25, -0.2) is 4.98 Å². The van der Waals surface area contributed by atoms with Crippen LogP contribution in [0.2, 0.25) is 0 Å². The van der Waals surface area contributed by atoms with E-state index in [9.17, 15) is 14.4 Å². The fourth-order valence-corrected chi connectivity index (χ4v) is 5.91. The molecule has 1 unspecified atom stereocenters. The van der Waals surface area contributed by atoms with Crippen LogP contribution in [0.5, 0.6) is 0 Å². The van der Waals surface area contributed by atoms with Crippen molar-refractivity contribution in [3.8, 4) is 11.3 Å². The number of H-pyrrole nitrogens is 1. The van der Waals surface area contributed by atoms with Crippen molar-refractivity contribution in [1.82, 2.24) is 20.2 Å². The summed E-state index contributed by atoms with van der Waals surface area (Å²) >= 11 is 0. The molecule has 8 heteroatoms. The first-order chi connectivity index (χ1) is 21.5. The Morgan fingerprint density at radius 3 is 2.61 bits per heavy atom. The number of nitrogens with zero attached hydrogens (tertiary/aromatic N) is 2. The van der Waals surface area contributed by atoms with Gasteiger partial charge in [0.25, 0.3) is 11.5 Å². The van der Waals surface area contributed by atoms with E-state index in [1.54, 1.807) is 30.5 Å². The van der Waals surface area contributed by atoms with Crippen LogP contribution in [-0.2, 0) is 11.3 Å². The summed E-state index contributed by atoms with van der Waals surface area (Å²) in [6.45, 7) is 6.06. The zero-order chi connectivity index (χ0) is 30.5. The maximum Gasteiger partial charge on any atom is 0.257 e. The highest BCUT2D eigenvalue weighted by Crippen LogP contribution is 2.34. The summed E-state index contributed by atoms with van der Waals surface area (Å²) in [4.78, 5) is 47.1. The van der Waals surface area contributed by atoms with Crippen molar-refractivity contribution in [1.29, 1.82) is 0 Å². The number of allylic oxidation sites excluding steroid dienone is 4. The average molecular weight is 586 g/mol. The first kappa shape index (κ1) is 29.0. The van der Waals surface area contributed by atoms with E-state index >= 15 is 0 Å². The Kier molecular flexibility index (Phi) is 8.61. The summed E-state index contributed by atoms with van der Waals surface area (Å²) < 4.78 is 0. The monoisotopic (exact) mass is 585 g/mol. The molecule has 1 aliphatic heterocycles. The van der Waals surface area contributed by atoms with Crippen LogP contribution in [0.25, 0.3) is 22.2 Å². The molecule has 44 heavy (non-hydrogen) atoms. The molecule has 0 saturated carbocycles. The van der Waals surface area contributed by atoms with Crippen molar-refractivity contribution in [3.63, 3.8) is 0 Å². The second kappa shape index (κ2) is 13.1. The minimum Gasteiger partial charge on any atom is -0.349 e. The van der Waals surface area contributed by atoms with Gasteiger partial charge in [-0.2, -0.15) is 0 Å². The molecule has 1 saturated heterocycles. The molecule has 2 aromatic carbocycles. The highest BCUT2D eigenvalue weighted by Gasteiger charge is 2.22. The Morgan fingerprint density at radius 2 is 1.86 bits per heavy atom. The van der Waals surface area contributed by atoms with Gasteiger partial charge in [0.2, 0.25) is 5.91 Å². The Labute approximate surface area is 256 Å². The summed E-state index contributed by atoms with van der Waals surface area (Å²) in [6.07, 6.45) is 13.9. The van der Waals surface area contributed by atoms with Gasteiger partial charge >= 0.3 is 0 Å². The minimum atomic E-state index is -0.313. The van der Waals surface area contributed by atoms with E-state index in [0.717, 1.165) is 55.7 Å². The molecule has 222 valence electrons. The highest BCUT2D eigenvalue weighted by atomic mass is 16.2. The molecule has 3 heterocycles. The first-order valence-corrected chi connectivity index (χ1v) is 15.0. The number of piperidine rings is 1. The van der Waals surface area contributed by atoms with Gasteiger partial charge in [0, 0.05) is 54.6 Å². The lowest BCUT2D eigenvalue weighted by Gasteiger charge is -2.32. The number of benzene rings is 2. The molecular formula is C36H35N5O3. The Morgan fingerprint density at radius 1 is 1.05 bits per heavy atom. The number of aromatic amines is 1. The molecule has 1 fully saturated rings. The third-order valence-corrected chi connectivity index (χ3v) is 8.30. The largest absolute Gasteiger partial charge is 0.349 e. The van der Waals surface area contributed by atoms with Gasteiger partial charge in [0.15, 0.2) is 0 Å². The SMILES string of the molecule is C=CC(=O)Nc1cccc(C(=O)NC2CCN(Cc3ccc(-c4nc5cc[nH]c(=O)c5cc4C4C=CC=CC4)cc3)CC2)c1. The second-order valence-corrected chi connectivity index (χ2v) is 11.3. The molecule has 2 amide bonds. The smallest absolute Gasteiger partial charge is 0.257 e. The van der Waals surface area contributed by atoms with Crippen molar-refractivity contribution in [3.05, 3.63) is 131 Å². The number of amides is 2. The van der Waals surface area contributed by atoms with Gasteiger partial charge < -0.3 is 15.6 Å². The van der Waals surface area contributed by atoms with Crippen molar-refractivity contribution < 1.29 is 9.59 Å². The number of pyridine rings is 2. The standard InChI is InChI=1S/C36H35N5O3/c1-2-33(42)38-29-10-6-9-27(21-29)35(43)39-28-16-19-41(20-17-28)23-24-11-13-26(14-12-24)34-30(25-7-4-3-5-8-25)22-31-32(40-34)15-18-37-36(31)44/h2-7,9-15,18,21-22,25,28H,1,8,16-17,19-20,23H2,(H,37,44)(H,38,42)(H,39,43). The van der Waals surface area contributed by atoms with Crippen LogP contribution in [0, 0.1) is 0 Å². The van der Waals surface area contributed by atoms with Crippen LogP contribution in [0.1, 0.15) is 46.7 Å². The lowest BCUT2D eigenvalue weighted by molar-refractivity contribution is -0.111. The van der Waals surface area contributed by atoms with Crippen LogP contribution in [0.4, 0.5) is 5.69 Å². The number of carbonyl (C=O) groups is 2. The minimum absolute atomic E-state index is 0.0980. The zero-order valence-corrected chi connectivity index (χ0v) is 24.5. The van der Waals surface area contributed by atoms with Gasteiger partial charge in [-0.3, -0.25) is 19.3 Å². The molecule has 8 nitrogen and oxygen atoms in total. The number of aromatic nitrogens is 2. The molecular weight excluding hydrogens is 550 g/mol. The summed E-state index contributed by atoms with van der Waals surface area (Å²) in [5.41, 5.74) is 5.85. The van der Waals surface area contributed by atoms with Crippen molar-refractivity contribution in [2.45, 2.75) is 37.8 Å². The highest BCUT2D eigenvalue weighted by molar-refractivity contribution is 6.00. The van der Waals surface area contributed by atoms with E-state index in [1.807, 2.05) is 12.1 Å². The number of nitrogens with one attached hydrogen (secondary N) is 3. The summed E-state index contributed by atoms with van der Waals surface area (Å²) in [5.74, 6) is -0.290. The molecule has 0 spiro atoms. The van der Waals surface area contributed by atoms with Gasteiger partial charge in [0.1, 0.15) is 0 Å². The summed E-state index contributed by atoms with van der Waals surface area (Å²) in [5, 5.41) is 6.45. The first-order valence-electron chi connectivity index (χ1n) is 15.0. The number of hydrogen-bond donors (Lipinski definition) is 3. The fourth-order valence-electron chi connectivity index (χ4n) is 5.91. The van der Waals surface area contributed by atoms with E-state index in [4.69, 9.17) is 4.98 Å². The zero-order valence-electron chi connectivity index (χ0n) is 24.5. The predicted molar refractivity (Wildman–Crippen MR) is 174 cm³/mol. The lowest BCUT2D eigenvalue weighted by Crippen LogP contribution is -2.44. The summed E-state index contributed by atoms with van der Waals surface area (Å²) in [6, 6.07) is 19.4. The van der Waals surface area contributed by atoms with Gasteiger partial charge in [-0.1, -0.05) is 61.2 Å². The Hall–Kier alpha value is -5.08. The third kappa shape index (κ3) is 6.61. The molecule has 3 N–H and O–H groups in total. The van der Waals surface area contributed by atoms with Crippen LogP contribution in [0.3, 0.4) is 0 Å². The van der Waals surface area contributed by atoms with Gasteiger partial charge in [-0.15, -0.1) is 0 Å². The molecule has 4 aromatic rings. The average Bonchev–Trinajstić information content (AvgIpc) is 3.06. The van der Waals surface area contributed by atoms with E-state index in [2.05, 4.69) is 75.7 Å². The van der Waals surface area contributed by atoms with Crippen molar-refractivity contribution in [2.75, 3.05) is 18.4 Å². The third-order valence-electron chi connectivity index (χ3n) is 8.30. The maximum atomic E-state index is 12.9. The Bertz CT molecular complexity index is 1810. The number of likely N-dealkylation sites (tertiary alicyclic amines) is 1. The van der Waals surface area contributed by atoms with E-state index in [-0.39, 0.29) is 29.3 Å². The fraction of sp³-hybridized carbons (Fsp3) is 0.222. The van der Waals surface area contributed by atoms with E-state index < -0.39 is 0 Å². The predicted octanol–water partition coefficient (Wildman–Crippen LogP) is 5.71. The number of hydrogen-bond acceptors (Lipinski definition) is 5. The molecule has 1 aliphatic carbocycles. The molecule has 0 radical (unpaired) electrons. The van der Waals surface area contributed by atoms with E-state index in [1.165, 1.54) is 11.6 Å². The molecule has 2 aliphatic rings. The normalized spacial score (nSPS) is 17.0. The second-order valence-electron chi connectivity index (χ2n) is 11.3.